The molecule has 2 aromatic rings. The molecule has 0 unspecified atom stereocenters. The van der Waals surface area contributed by atoms with E-state index >= 15 is 0 Å². The molecule has 2 rings (SSSR count). The lowest BCUT2D eigenvalue weighted by atomic mass is 9.78. The average Bonchev–Trinajstić information content (AvgIpc) is 2.47. The van der Waals surface area contributed by atoms with Gasteiger partial charge in [-0.05, 0) is 56.2 Å². The minimum absolute atomic E-state index is 0.153. The molecule has 0 N–H and O–H groups in total. The molecule has 0 spiro atoms. The molecule has 0 aromatic heterocycles. The van der Waals surface area contributed by atoms with Crippen LogP contribution in [0, 0.1) is 0 Å². The predicted molar refractivity (Wildman–Crippen MR) is 92.1 cm³/mol. The van der Waals surface area contributed by atoms with Crippen LogP contribution in [0.5, 0.6) is 11.5 Å². The molecule has 0 aliphatic carbocycles. The molecular formula is C20H24O3. The Labute approximate surface area is 138 Å². The summed E-state index contributed by atoms with van der Waals surface area (Å²) >= 11 is 0. The first-order valence-corrected chi connectivity index (χ1v) is 7.73. The van der Waals surface area contributed by atoms with Crippen LogP contribution in [0.4, 0.5) is 0 Å². The zero-order valence-corrected chi connectivity index (χ0v) is 14.4. The van der Waals surface area contributed by atoms with E-state index in [9.17, 15) is 4.79 Å². The first-order valence-electron chi connectivity index (χ1n) is 7.73. The summed E-state index contributed by atoms with van der Waals surface area (Å²) < 4.78 is 10.7. The van der Waals surface area contributed by atoms with Gasteiger partial charge in [0.15, 0.2) is 0 Å². The number of carbonyl (C=O) groups excluding carboxylic acids is 1. The van der Waals surface area contributed by atoms with E-state index in [-0.39, 0.29) is 11.0 Å². The van der Waals surface area contributed by atoms with E-state index in [1.165, 1.54) is 5.56 Å². The summed E-state index contributed by atoms with van der Waals surface area (Å²) in [7, 11) is 0. The second-order valence-electron chi connectivity index (χ2n) is 7.10. The number of hydrogen-bond acceptors (Lipinski definition) is 3. The molecule has 23 heavy (non-hydrogen) atoms. The van der Waals surface area contributed by atoms with Crippen LogP contribution >= 0.6 is 0 Å². The molecule has 0 atom stereocenters. The van der Waals surface area contributed by atoms with Gasteiger partial charge in [0.2, 0.25) is 0 Å². The molecule has 0 heterocycles. The lowest BCUT2D eigenvalue weighted by Gasteiger charge is -2.27. The highest BCUT2D eigenvalue weighted by molar-refractivity contribution is 5.47. The van der Waals surface area contributed by atoms with E-state index < -0.39 is 0 Å². The van der Waals surface area contributed by atoms with Gasteiger partial charge in [0.1, 0.15) is 17.1 Å². The topological polar surface area (TPSA) is 35.5 Å². The SMILES string of the molecule is CC(C)(C)Oc1ccc(C(C)(C)c2ccc(OC=O)cc2)cc1. The number of rotatable bonds is 5. The maximum Gasteiger partial charge on any atom is 0.298 e. The van der Waals surface area contributed by atoms with Crippen molar-refractivity contribution in [1.29, 1.82) is 0 Å². The lowest BCUT2D eigenvalue weighted by molar-refractivity contribution is -0.120. The van der Waals surface area contributed by atoms with Crippen LogP contribution in [0.25, 0.3) is 0 Å². The monoisotopic (exact) mass is 312 g/mol. The van der Waals surface area contributed by atoms with Crippen molar-refractivity contribution in [2.24, 2.45) is 0 Å². The van der Waals surface area contributed by atoms with Gasteiger partial charge in [0, 0.05) is 5.41 Å². The van der Waals surface area contributed by atoms with Crippen molar-refractivity contribution >= 4 is 6.47 Å². The van der Waals surface area contributed by atoms with Crippen LogP contribution in [0.2, 0.25) is 0 Å². The summed E-state index contributed by atoms with van der Waals surface area (Å²) in [5.41, 5.74) is 1.99. The van der Waals surface area contributed by atoms with Crippen LogP contribution in [0.15, 0.2) is 48.5 Å². The molecule has 0 aliphatic heterocycles. The molecule has 3 nitrogen and oxygen atoms in total. The molecule has 122 valence electrons. The molecule has 0 amide bonds. The summed E-state index contributed by atoms with van der Waals surface area (Å²) in [6.45, 7) is 10.9. The largest absolute Gasteiger partial charge is 0.488 e. The van der Waals surface area contributed by atoms with E-state index in [1.54, 1.807) is 0 Å². The van der Waals surface area contributed by atoms with Crippen LogP contribution in [0.1, 0.15) is 45.7 Å². The minimum Gasteiger partial charge on any atom is -0.488 e. The van der Waals surface area contributed by atoms with Crippen LogP contribution < -0.4 is 9.47 Å². The van der Waals surface area contributed by atoms with Gasteiger partial charge >= 0.3 is 0 Å². The molecular weight excluding hydrogens is 288 g/mol. The van der Waals surface area contributed by atoms with Gasteiger partial charge in [-0.1, -0.05) is 38.1 Å². The van der Waals surface area contributed by atoms with Crippen molar-refractivity contribution in [2.45, 2.75) is 45.6 Å². The Hall–Kier alpha value is -2.29. The summed E-state index contributed by atoms with van der Waals surface area (Å²) in [6.07, 6.45) is 0. The van der Waals surface area contributed by atoms with Crippen molar-refractivity contribution in [3.05, 3.63) is 59.7 Å². The first kappa shape index (κ1) is 17.1. The Morgan fingerprint density at radius 3 is 1.57 bits per heavy atom. The fraction of sp³-hybridized carbons (Fsp3) is 0.350. The Balaban J connectivity index is 2.23. The van der Waals surface area contributed by atoms with Crippen molar-refractivity contribution in [2.75, 3.05) is 0 Å². The number of ether oxygens (including phenoxy) is 2. The third-order valence-electron chi connectivity index (χ3n) is 3.76. The standard InChI is InChI=1S/C20H24O3/c1-19(2,3)23-18-12-8-16(9-13-18)20(4,5)15-6-10-17(11-7-15)22-14-21/h6-14H,1-5H3. The van der Waals surface area contributed by atoms with Crippen LogP contribution in [0.3, 0.4) is 0 Å². The van der Waals surface area contributed by atoms with Gasteiger partial charge in [-0.2, -0.15) is 0 Å². The molecule has 0 bridgehead atoms. The zero-order chi connectivity index (χ0) is 17.1. The molecule has 0 radical (unpaired) electrons. The Morgan fingerprint density at radius 2 is 1.17 bits per heavy atom. The van der Waals surface area contributed by atoms with E-state index in [4.69, 9.17) is 9.47 Å². The summed E-state index contributed by atoms with van der Waals surface area (Å²) in [6, 6.07) is 15.8. The maximum absolute atomic E-state index is 10.4. The Kier molecular flexibility index (Phi) is 4.79. The second-order valence-corrected chi connectivity index (χ2v) is 7.10. The van der Waals surface area contributed by atoms with Gasteiger partial charge in [-0.25, -0.2) is 0 Å². The Bertz CT molecular complexity index is 647. The second kappa shape index (κ2) is 6.45. The molecule has 0 fully saturated rings. The molecule has 0 aliphatic rings. The third kappa shape index (κ3) is 4.35. The van der Waals surface area contributed by atoms with Gasteiger partial charge in [-0.15, -0.1) is 0 Å². The highest BCUT2D eigenvalue weighted by Crippen LogP contribution is 2.33. The number of benzene rings is 2. The summed E-state index contributed by atoms with van der Waals surface area (Å²) in [5, 5.41) is 0. The Morgan fingerprint density at radius 1 is 0.739 bits per heavy atom. The van der Waals surface area contributed by atoms with Crippen molar-refractivity contribution in [3.8, 4) is 11.5 Å². The van der Waals surface area contributed by atoms with Crippen LogP contribution in [-0.4, -0.2) is 12.1 Å². The highest BCUT2D eigenvalue weighted by atomic mass is 16.5. The van der Waals surface area contributed by atoms with E-state index in [2.05, 4.69) is 26.0 Å². The predicted octanol–water partition coefficient (Wildman–Crippen LogP) is 4.73. The summed E-state index contributed by atoms with van der Waals surface area (Å²) in [5.74, 6) is 1.42. The highest BCUT2D eigenvalue weighted by Gasteiger charge is 2.23. The van der Waals surface area contributed by atoms with Crippen molar-refractivity contribution in [3.63, 3.8) is 0 Å². The van der Waals surface area contributed by atoms with Crippen molar-refractivity contribution < 1.29 is 14.3 Å². The smallest absolute Gasteiger partial charge is 0.298 e. The number of hydrogen-bond donors (Lipinski definition) is 0. The van der Waals surface area contributed by atoms with E-state index in [0.717, 1.165) is 11.3 Å². The third-order valence-corrected chi connectivity index (χ3v) is 3.76. The lowest BCUT2D eigenvalue weighted by Crippen LogP contribution is -2.23. The van der Waals surface area contributed by atoms with E-state index in [1.807, 2.05) is 57.2 Å². The molecule has 0 saturated heterocycles. The fourth-order valence-electron chi connectivity index (χ4n) is 2.47. The summed E-state index contributed by atoms with van der Waals surface area (Å²) in [4.78, 5) is 10.4. The quantitative estimate of drug-likeness (QED) is 0.749. The molecule has 2 aromatic carbocycles. The zero-order valence-electron chi connectivity index (χ0n) is 14.4. The van der Waals surface area contributed by atoms with Gasteiger partial charge in [0.25, 0.3) is 6.47 Å². The normalized spacial score (nSPS) is 11.9. The van der Waals surface area contributed by atoms with E-state index in [0.29, 0.717) is 12.2 Å². The van der Waals surface area contributed by atoms with Gasteiger partial charge in [0.05, 0.1) is 0 Å². The first-order chi connectivity index (χ1) is 10.7. The molecule has 0 saturated carbocycles. The average molecular weight is 312 g/mol. The maximum atomic E-state index is 10.4. The van der Waals surface area contributed by atoms with Crippen molar-refractivity contribution in [1.82, 2.24) is 0 Å². The fourth-order valence-corrected chi connectivity index (χ4v) is 2.47. The minimum atomic E-state index is -0.203. The van der Waals surface area contributed by atoms with Gasteiger partial charge < -0.3 is 9.47 Å². The molecule has 3 heteroatoms. The van der Waals surface area contributed by atoms with Crippen LogP contribution in [-0.2, 0) is 10.2 Å². The van der Waals surface area contributed by atoms with Gasteiger partial charge in [-0.3, -0.25) is 4.79 Å². The number of carbonyl (C=O) groups is 1.